The Bertz CT molecular complexity index is 1110. The van der Waals surface area contributed by atoms with Crippen LogP contribution < -0.4 is 0 Å². The molecule has 0 saturated carbocycles. The average molecular weight is 479 g/mol. The predicted octanol–water partition coefficient (Wildman–Crippen LogP) is 6.21. The van der Waals surface area contributed by atoms with Gasteiger partial charge in [0.15, 0.2) is 0 Å². The van der Waals surface area contributed by atoms with E-state index in [1.165, 1.54) is 27.1 Å². The van der Waals surface area contributed by atoms with E-state index in [-0.39, 0.29) is 0 Å². The Morgan fingerprint density at radius 1 is 1.07 bits per heavy atom. The van der Waals surface area contributed by atoms with Crippen LogP contribution in [0.2, 0.25) is 0 Å². The first kappa shape index (κ1) is 18.9. The zero-order valence-electron chi connectivity index (χ0n) is 14.8. The fourth-order valence-electron chi connectivity index (χ4n) is 2.47. The Morgan fingerprint density at radius 2 is 1.85 bits per heavy atom. The van der Waals surface area contributed by atoms with Crippen molar-refractivity contribution < 1.29 is 4.42 Å². The third-order valence-corrected chi connectivity index (χ3v) is 7.38. The maximum Gasteiger partial charge on any atom is 0.282 e. The lowest BCUT2D eigenvalue weighted by atomic mass is 10.2. The van der Waals surface area contributed by atoms with Crippen molar-refractivity contribution in [2.45, 2.75) is 41.7 Å². The summed E-state index contributed by atoms with van der Waals surface area (Å²) in [4.78, 5) is 13.0. The van der Waals surface area contributed by atoms with E-state index in [1.807, 2.05) is 12.1 Å². The third-order valence-electron chi connectivity index (χ3n) is 3.91. The molecule has 0 bridgehead atoms. The van der Waals surface area contributed by atoms with Crippen molar-refractivity contribution in [3.8, 4) is 0 Å². The van der Waals surface area contributed by atoms with Gasteiger partial charge in [-0.1, -0.05) is 15.9 Å². The van der Waals surface area contributed by atoms with Crippen molar-refractivity contribution in [1.29, 1.82) is 0 Å². The van der Waals surface area contributed by atoms with Crippen molar-refractivity contribution in [2.24, 2.45) is 0 Å². The van der Waals surface area contributed by atoms with E-state index in [2.05, 4.69) is 52.1 Å². The summed E-state index contributed by atoms with van der Waals surface area (Å²) in [6.45, 7) is 6.01. The SMILES string of the molecule is Cc1nnc(Sc2nc(CSc3ccc(Br)cc3)nc3sc(C)c(C)c23)o1. The molecule has 4 aromatic rings. The minimum atomic E-state index is 0.502. The molecule has 138 valence electrons. The Kier molecular flexibility index (Phi) is 5.54. The fourth-order valence-corrected chi connectivity index (χ4v) is 5.52. The summed E-state index contributed by atoms with van der Waals surface area (Å²) < 4.78 is 6.61. The lowest BCUT2D eigenvalue weighted by molar-refractivity contribution is 0.429. The summed E-state index contributed by atoms with van der Waals surface area (Å²) >= 11 is 8.29. The van der Waals surface area contributed by atoms with Crippen molar-refractivity contribution >= 4 is 61.0 Å². The number of hydrogen-bond acceptors (Lipinski definition) is 8. The number of benzene rings is 1. The van der Waals surface area contributed by atoms with E-state index in [4.69, 9.17) is 14.4 Å². The highest BCUT2D eigenvalue weighted by Crippen LogP contribution is 2.38. The van der Waals surface area contributed by atoms with Gasteiger partial charge in [0.1, 0.15) is 15.7 Å². The van der Waals surface area contributed by atoms with E-state index >= 15 is 0 Å². The van der Waals surface area contributed by atoms with Crippen molar-refractivity contribution in [3.05, 3.63) is 50.9 Å². The highest BCUT2D eigenvalue weighted by Gasteiger charge is 2.18. The summed E-state index contributed by atoms with van der Waals surface area (Å²) in [6.07, 6.45) is 0. The number of nitrogens with zero attached hydrogens (tertiary/aromatic N) is 4. The van der Waals surface area contributed by atoms with Crippen LogP contribution in [-0.2, 0) is 5.75 Å². The summed E-state index contributed by atoms with van der Waals surface area (Å²) in [5.41, 5.74) is 1.21. The molecule has 0 spiro atoms. The summed E-state index contributed by atoms with van der Waals surface area (Å²) in [6, 6.07) is 8.25. The van der Waals surface area contributed by atoms with Crippen LogP contribution in [0.4, 0.5) is 0 Å². The van der Waals surface area contributed by atoms with E-state index in [1.54, 1.807) is 30.0 Å². The Morgan fingerprint density at radius 3 is 2.56 bits per heavy atom. The molecule has 3 heterocycles. The van der Waals surface area contributed by atoms with E-state index in [0.29, 0.717) is 16.9 Å². The molecule has 0 N–H and O–H groups in total. The van der Waals surface area contributed by atoms with Gasteiger partial charge in [-0.05, 0) is 55.4 Å². The molecular weight excluding hydrogens is 464 g/mol. The number of aromatic nitrogens is 4. The van der Waals surface area contributed by atoms with Crippen molar-refractivity contribution in [2.75, 3.05) is 0 Å². The largest absolute Gasteiger partial charge is 0.416 e. The first-order chi connectivity index (χ1) is 13.0. The zero-order chi connectivity index (χ0) is 19.0. The van der Waals surface area contributed by atoms with E-state index < -0.39 is 0 Å². The topological polar surface area (TPSA) is 64.7 Å². The summed E-state index contributed by atoms with van der Waals surface area (Å²) in [7, 11) is 0. The Balaban J connectivity index is 1.67. The molecule has 3 aromatic heterocycles. The number of thiophene rings is 1. The zero-order valence-corrected chi connectivity index (χ0v) is 18.9. The maximum absolute atomic E-state index is 5.54. The van der Waals surface area contributed by atoms with E-state index in [0.717, 1.165) is 25.5 Å². The predicted molar refractivity (Wildman–Crippen MR) is 114 cm³/mol. The van der Waals surface area contributed by atoms with Gasteiger partial charge in [-0.3, -0.25) is 0 Å². The van der Waals surface area contributed by atoms with Gasteiger partial charge in [0.05, 0.1) is 5.75 Å². The molecule has 1 aromatic carbocycles. The standard InChI is InChI=1S/C18H15BrN4OS3/c1-9-10(2)26-16-15(9)17(27-18-23-22-11(3)24-18)21-14(20-16)8-25-13-6-4-12(19)5-7-13/h4-7H,8H2,1-3H3. The number of rotatable bonds is 5. The second-order valence-corrected chi connectivity index (χ2v) is 9.95. The molecule has 27 heavy (non-hydrogen) atoms. The molecule has 0 fully saturated rings. The van der Waals surface area contributed by atoms with Gasteiger partial charge in [-0.15, -0.1) is 33.3 Å². The Labute approximate surface area is 177 Å². The molecule has 4 rings (SSSR count). The van der Waals surface area contributed by atoms with Gasteiger partial charge in [0.25, 0.3) is 5.22 Å². The molecular formula is C18H15BrN4OS3. The van der Waals surface area contributed by atoms with Crippen LogP contribution in [-0.4, -0.2) is 20.2 Å². The molecule has 0 unspecified atom stereocenters. The van der Waals surface area contributed by atoms with Gasteiger partial charge >= 0.3 is 0 Å². The quantitative estimate of drug-likeness (QED) is 0.249. The molecule has 9 heteroatoms. The lowest BCUT2D eigenvalue weighted by Crippen LogP contribution is -1.95. The maximum atomic E-state index is 5.54. The highest BCUT2D eigenvalue weighted by molar-refractivity contribution is 9.10. The number of halogens is 1. The molecule has 0 aliphatic carbocycles. The van der Waals surface area contributed by atoms with Crippen LogP contribution in [0.3, 0.4) is 0 Å². The smallest absolute Gasteiger partial charge is 0.282 e. The first-order valence-electron chi connectivity index (χ1n) is 8.12. The van der Waals surface area contributed by atoms with Gasteiger partial charge in [0, 0.05) is 26.6 Å². The van der Waals surface area contributed by atoms with Crippen LogP contribution in [0.15, 0.2) is 48.3 Å². The van der Waals surface area contributed by atoms with Gasteiger partial charge in [-0.2, -0.15) is 0 Å². The minimum absolute atomic E-state index is 0.502. The van der Waals surface area contributed by atoms with Crippen LogP contribution in [0.25, 0.3) is 10.2 Å². The Hall–Kier alpha value is -1.42. The fraction of sp³-hybridized carbons (Fsp3) is 0.222. The second-order valence-electron chi connectivity index (χ2n) is 5.84. The third kappa shape index (κ3) is 4.21. The van der Waals surface area contributed by atoms with Crippen LogP contribution in [0, 0.1) is 20.8 Å². The first-order valence-corrected chi connectivity index (χ1v) is 11.5. The molecule has 0 amide bonds. The molecule has 0 saturated heterocycles. The number of thioether (sulfide) groups is 1. The van der Waals surface area contributed by atoms with Crippen molar-refractivity contribution in [3.63, 3.8) is 0 Å². The average Bonchev–Trinajstić information content (AvgIpc) is 3.17. The molecule has 0 atom stereocenters. The lowest BCUT2D eigenvalue weighted by Gasteiger charge is -2.05. The van der Waals surface area contributed by atoms with Gasteiger partial charge < -0.3 is 4.42 Å². The van der Waals surface area contributed by atoms with E-state index in [9.17, 15) is 0 Å². The molecule has 5 nitrogen and oxygen atoms in total. The molecule has 0 aliphatic rings. The molecule has 0 radical (unpaired) electrons. The van der Waals surface area contributed by atoms with Gasteiger partial charge in [-0.25, -0.2) is 9.97 Å². The number of fused-ring (bicyclic) bond motifs is 1. The summed E-state index contributed by atoms with van der Waals surface area (Å²) in [5, 5.41) is 10.5. The number of aryl methyl sites for hydroxylation is 3. The summed E-state index contributed by atoms with van der Waals surface area (Å²) in [5.74, 6) is 2.05. The molecule has 0 aliphatic heterocycles. The number of hydrogen-bond donors (Lipinski definition) is 0. The minimum Gasteiger partial charge on any atom is -0.416 e. The van der Waals surface area contributed by atoms with Gasteiger partial charge in [0.2, 0.25) is 5.89 Å². The normalized spacial score (nSPS) is 11.4. The van der Waals surface area contributed by atoms with Crippen LogP contribution in [0.1, 0.15) is 22.2 Å². The van der Waals surface area contributed by atoms with Crippen LogP contribution >= 0.6 is 50.8 Å². The van der Waals surface area contributed by atoms with Crippen molar-refractivity contribution in [1.82, 2.24) is 20.2 Å². The monoisotopic (exact) mass is 478 g/mol. The highest BCUT2D eigenvalue weighted by atomic mass is 79.9. The van der Waals surface area contributed by atoms with Crippen LogP contribution in [0.5, 0.6) is 0 Å². The second kappa shape index (κ2) is 7.90.